The van der Waals surface area contributed by atoms with Crippen molar-refractivity contribution in [1.82, 2.24) is 9.88 Å². The Kier molecular flexibility index (Phi) is 5.64. The molecule has 0 aliphatic heterocycles. The van der Waals surface area contributed by atoms with Crippen molar-refractivity contribution in [2.45, 2.75) is 13.5 Å². The topological polar surface area (TPSA) is 80.2 Å². The number of aromatic nitrogens is 1. The summed E-state index contributed by atoms with van der Waals surface area (Å²) in [4.78, 5) is 36.2. The lowest BCUT2D eigenvalue weighted by Crippen LogP contribution is -2.31. The molecule has 3 rings (SSSR count). The maximum atomic E-state index is 12.9. The second-order valence-corrected chi connectivity index (χ2v) is 6.13. The zero-order valence-electron chi connectivity index (χ0n) is 15.1. The van der Waals surface area contributed by atoms with Crippen molar-refractivity contribution in [2.24, 2.45) is 0 Å². The highest BCUT2D eigenvalue weighted by Gasteiger charge is 2.13. The van der Waals surface area contributed by atoms with Crippen molar-refractivity contribution in [1.29, 1.82) is 0 Å². The fourth-order valence-corrected chi connectivity index (χ4v) is 2.66. The predicted octanol–water partition coefficient (Wildman–Crippen LogP) is 2.87. The molecule has 2 aromatic carbocycles. The fourth-order valence-electron chi connectivity index (χ4n) is 2.66. The van der Waals surface area contributed by atoms with E-state index in [1.807, 2.05) is 0 Å². The summed E-state index contributed by atoms with van der Waals surface area (Å²) >= 11 is 0. The van der Waals surface area contributed by atoms with E-state index in [-0.39, 0.29) is 23.8 Å². The van der Waals surface area contributed by atoms with Crippen molar-refractivity contribution in [2.75, 3.05) is 5.32 Å². The third-order valence-electron chi connectivity index (χ3n) is 4.02. The summed E-state index contributed by atoms with van der Waals surface area (Å²) in [5.74, 6) is -1.06. The number of amides is 2. The Bertz CT molecular complexity index is 1060. The summed E-state index contributed by atoms with van der Waals surface area (Å²) in [5.41, 5.74) is 1.42. The maximum absolute atomic E-state index is 12.9. The number of carbonyl (C=O) groups is 2. The average Bonchev–Trinajstić information content (AvgIpc) is 2.68. The number of anilines is 1. The van der Waals surface area contributed by atoms with Crippen LogP contribution in [0.3, 0.4) is 0 Å². The Hall–Kier alpha value is -3.74. The first-order valence-electron chi connectivity index (χ1n) is 8.56. The normalized spacial score (nSPS) is 10.4. The van der Waals surface area contributed by atoms with E-state index >= 15 is 0 Å². The molecule has 0 spiro atoms. The van der Waals surface area contributed by atoms with Crippen LogP contribution in [-0.4, -0.2) is 16.4 Å². The van der Waals surface area contributed by atoms with Crippen LogP contribution in [0.2, 0.25) is 0 Å². The molecule has 1 aromatic heterocycles. The van der Waals surface area contributed by atoms with Crippen LogP contribution in [0.25, 0.3) is 5.69 Å². The van der Waals surface area contributed by atoms with Gasteiger partial charge in [0.2, 0.25) is 5.91 Å². The molecular formula is C21H18FN3O3. The molecule has 0 unspecified atom stereocenters. The summed E-state index contributed by atoms with van der Waals surface area (Å²) < 4.78 is 14.3. The number of pyridine rings is 1. The first-order chi connectivity index (χ1) is 13.4. The van der Waals surface area contributed by atoms with Crippen molar-refractivity contribution in [3.63, 3.8) is 0 Å². The summed E-state index contributed by atoms with van der Waals surface area (Å²) in [5, 5.41) is 5.31. The predicted molar refractivity (Wildman–Crippen MR) is 104 cm³/mol. The van der Waals surface area contributed by atoms with E-state index < -0.39 is 11.5 Å². The molecule has 0 aliphatic carbocycles. The smallest absolute Gasteiger partial charge is 0.267 e. The van der Waals surface area contributed by atoms with Gasteiger partial charge >= 0.3 is 0 Å². The van der Waals surface area contributed by atoms with E-state index in [2.05, 4.69) is 10.6 Å². The number of rotatable bonds is 5. The Morgan fingerprint density at radius 3 is 2.32 bits per heavy atom. The van der Waals surface area contributed by atoms with Gasteiger partial charge in [-0.05, 0) is 54.1 Å². The van der Waals surface area contributed by atoms with E-state index in [0.29, 0.717) is 11.4 Å². The maximum Gasteiger partial charge on any atom is 0.267 e. The SMILES string of the molecule is CC(=O)Nc1ccc(-n2cccc(C(=O)NCc3ccc(F)cc3)c2=O)cc1. The van der Waals surface area contributed by atoms with Crippen LogP contribution in [0.1, 0.15) is 22.8 Å². The van der Waals surface area contributed by atoms with Crippen LogP contribution in [0, 0.1) is 5.82 Å². The first-order valence-corrected chi connectivity index (χ1v) is 8.56. The van der Waals surface area contributed by atoms with Gasteiger partial charge in [-0.2, -0.15) is 0 Å². The average molecular weight is 379 g/mol. The lowest BCUT2D eigenvalue weighted by molar-refractivity contribution is -0.114. The highest BCUT2D eigenvalue weighted by molar-refractivity contribution is 5.93. The van der Waals surface area contributed by atoms with E-state index in [1.54, 1.807) is 48.7 Å². The van der Waals surface area contributed by atoms with Gasteiger partial charge in [-0.15, -0.1) is 0 Å². The van der Waals surface area contributed by atoms with Crippen molar-refractivity contribution in [3.05, 3.63) is 94.2 Å². The Labute approximate surface area is 160 Å². The van der Waals surface area contributed by atoms with Crippen LogP contribution in [0.4, 0.5) is 10.1 Å². The Balaban J connectivity index is 1.78. The highest BCUT2D eigenvalue weighted by Crippen LogP contribution is 2.12. The lowest BCUT2D eigenvalue weighted by atomic mass is 10.2. The lowest BCUT2D eigenvalue weighted by Gasteiger charge is -2.10. The number of nitrogens with one attached hydrogen (secondary N) is 2. The molecule has 0 saturated carbocycles. The van der Waals surface area contributed by atoms with Crippen LogP contribution < -0.4 is 16.2 Å². The molecule has 0 fully saturated rings. The number of hydrogen-bond donors (Lipinski definition) is 2. The van der Waals surface area contributed by atoms with E-state index in [9.17, 15) is 18.8 Å². The van der Waals surface area contributed by atoms with Crippen LogP contribution >= 0.6 is 0 Å². The molecule has 2 amide bonds. The quantitative estimate of drug-likeness (QED) is 0.715. The molecule has 0 saturated heterocycles. The minimum absolute atomic E-state index is 0.00412. The Morgan fingerprint density at radius 1 is 1.00 bits per heavy atom. The Morgan fingerprint density at radius 2 is 1.68 bits per heavy atom. The molecule has 3 aromatic rings. The van der Waals surface area contributed by atoms with Crippen LogP contribution in [-0.2, 0) is 11.3 Å². The number of hydrogen-bond acceptors (Lipinski definition) is 3. The van der Waals surface area contributed by atoms with Gasteiger partial charge in [0, 0.05) is 31.0 Å². The fraction of sp³-hybridized carbons (Fsp3) is 0.0952. The second-order valence-electron chi connectivity index (χ2n) is 6.13. The third kappa shape index (κ3) is 4.50. The molecule has 7 heteroatoms. The van der Waals surface area contributed by atoms with E-state index in [0.717, 1.165) is 5.56 Å². The summed E-state index contributed by atoms with van der Waals surface area (Å²) in [6.45, 7) is 1.59. The van der Waals surface area contributed by atoms with Crippen molar-refractivity contribution >= 4 is 17.5 Å². The van der Waals surface area contributed by atoms with E-state index in [4.69, 9.17) is 0 Å². The first kappa shape index (κ1) is 19.0. The van der Waals surface area contributed by atoms with Gasteiger partial charge in [0.1, 0.15) is 11.4 Å². The monoisotopic (exact) mass is 379 g/mol. The summed E-state index contributed by atoms with van der Waals surface area (Å²) in [6, 6.07) is 15.5. The molecule has 0 aliphatic rings. The third-order valence-corrected chi connectivity index (χ3v) is 4.02. The van der Waals surface area contributed by atoms with Gasteiger partial charge in [0.05, 0.1) is 0 Å². The molecule has 1 heterocycles. The molecule has 0 atom stereocenters. The van der Waals surface area contributed by atoms with Gasteiger partial charge < -0.3 is 10.6 Å². The van der Waals surface area contributed by atoms with Crippen LogP contribution in [0.5, 0.6) is 0 Å². The van der Waals surface area contributed by atoms with Gasteiger partial charge in [-0.1, -0.05) is 12.1 Å². The van der Waals surface area contributed by atoms with Gasteiger partial charge in [-0.3, -0.25) is 19.0 Å². The number of carbonyl (C=O) groups excluding carboxylic acids is 2. The largest absolute Gasteiger partial charge is 0.348 e. The van der Waals surface area contributed by atoms with Crippen molar-refractivity contribution < 1.29 is 14.0 Å². The van der Waals surface area contributed by atoms with Gasteiger partial charge in [-0.25, -0.2) is 4.39 Å². The zero-order valence-corrected chi connectivity index (χ0v) is 15.1. The minimum atomic E-state index is -0.515. The summed E-state index contributed by atoms with van der Waals surface area (Å²) in [7, 11) is 0. The number of halogens is 1. The number of benzene rings is 2. The van der Waals surface area contributed by atoms with Crippen molar-refractivity contribution in [3.8, 4) is 5.69 Å². The molecule has 0 radical (unpaired) electrons. The highest BCUT2D eigenvalue weighted by atomic mass is 19.1. The van der Waals surface area contributed by atoms with E-state index in [1.165, 1.54) is 29.7 Å². The van der Waals surface area contributed by atoms with Gasteiger partial charge in [0.15, 0.2) is 0 Å². The molecular weight excluding hydrogens is 361 g/mol. The zero-order chi connectivity index (χ0) is 20.1. The molecule has 2 N–H and O–H groups in total. The molecule has 28 heavy (non-hydrogen) atoms. The molecule has 0 bridgehead atoms. The second kappa shape index (κ2) is 8.30. The van der Waals surface area contributed by atoms with Gasteiger partial charge in [0.25, 0.3) is 11.5 Å². The standard InChI is InChI=1S/C21H18FN3O3/c1-14(26)24-17-8-10-18(11-9-17)25-12-2-3-19(21(25)28)20(27)23-13-15-4-6-16(22)7-5-15/h2-12H,13H2,1H3,(H,23,27)(H,24,26). The molecule has 6 nitrogen and oxygen atoms in total. The summed E-state index contributed by atoms with van der Waals surface area (Å²) in [6.07, 6.45) is 1.56. The number of nitrogens with zero attached hydrogens (tertiary/aromatic N) is 1. The minimum Gasteiger partial charge on any atom is -0.348 e. The van der Waals surface area contributed by atoms with Crippen LogP contribution in [0.15, 0.2) is 71.7 Å². The molecule has 142 valence electrons.